The number of fused-ring (bicyclic) bond motifs is 3. The van der Waals surface area contributed by atoms with Gasteiger partial charge in [-0.15, -0.1) is 0 Å². The number of hydrazine groups is 1. The van der Waals surface area contributed by atoms with Crippen molar-refractivity contribution in [2.45, 2.75) is 12.6 Å². The Morgan fingerprint density at radius 1 is 1.32 bits per heavy atom. The zero-order chi connectivity index (χ0) is 17.7. The summed E-state index contributed by atoms with van der Waals surface area (Å²) in [6.45, 7) is 0. The molecule has 1 aromatic carbocycles. The first-order valence-corrected chi connectivity index (χ1v) is 7.92. The maximum absolute atomic E-state index is 13.3. The van der Waals surface area contributed by atoms with Crippen molar-refractivity contribution in [3.63, 3.8) is 0 Å². The monoisotopic (exact) mass is 341 g/mol. The number of pyridine rings is 1. The van der Waals surface area contributed by atoms with Gasteiger partial charge >= 0.3 is 0 Å². The van der Waals surface area contributed by atoms with E-state index in [2.05, 4.69) is 20.9 Å². The summed E-state index contributed by atoms with van der Waals surface area (Å²) in [5.41, 5.74) is 7.18. The Morgan fingerprint density at radius 3 is 2.76 bits per heavy atom. The molecule has 4 rings (SSSR count). The Kier molecular flexibility index (Phi) is 3.50. The van der Waals surface area contributed by atoms with Crippen LogP contribution in [0.1, 0.15) is 27.3 Å². The van der Waals surface area contributed by atoms with Gasteiger partial charge in [0.15, 0.2) is 5.78 Å². The lowest BCUT2D eigenvalue weighted by atomic mass is 10.1. The quantitative estimate of drug-likeness (QED) is 0.555. The smallest absolute Gasteiger partial charge is 0.265 e. The van der Waals surface area contributed by atoms with Crippen molar-refractivity contribution >= 4 is 33.5 Å². The van der Waals surface area contributed by atoms with E-state index in [0.29, 0.717) is 27.4 Å². The van der Waals surface area contributed by atoms with Crippen LogP contribution >= 0.6 is 0 Å². The van der Waals surface area contributed by atoms with E-state index < -0.39 is 12.1 Å². The number of halogens is 1. The van der Waals surface area contributed by atoms with Crippen LogP contribution in [-0.4, -0.2) is 39.7 Å². The molecule has 1 fully saturated rings. The summed E-state index contributed by atoms with van der Waals surface area (Å²) in [6, 6.07) is 5.13. The van der Waals surface area contributed by atoms with Crippen LogP contribution in [-0.2, 0) is 7.05 Å². The van der Waals surface area contributed by atoms with Crippen LogP contribution in [0.15, 0.2) is 24.4 Å². The number of carbonyl (C=O) groups excluding carboxylic acids is 2. The van der Waals surface area contributed by atoms with Gasteiger partial charge in [0, 0.05) is 36.6 Å². The molecule has 0 spiro atoms. The third-order valence-electron chi connectivity index (χ3n) is 4.45. The summed E-state index contributed by atoms with van der Waals surface area (Å²) < 4.78 is 14.8. The van der Waals surface area contributed by atoms with Crippen molar-refractivity contribution in [2.24, 2.45) is 13.0 Å². The number of hydrogen-bond acceptors (Lipinski definition) is 5. The highest BCUT2D eigenvalue weighted by molar-refractivity contribution is 6.14. The van der Waals surface area contributed by atoms with Gasteiger partial charge in [-0.1, -0.05) is 0 Å². The number of carbonyl (C=O) groups is 2. The lowest BCUT2D eigenvalue weighted by molar-refractivity contribution is 0.0934. The first-order valence-electron chi connectivity index (χ1n) is 7.92. The number of hydrogen-bond donors (Lipinski definition) is 2. The second-order valence-corrected chi connectivity index (χ2v) is 6.15. The first-order chi connectivity index (χ1) is 12.0. The van der Waals surface area contributed by atoms with Gasteiger partial charge in [0.25, 0.3) is 5.91 Å². The Bertz CT molecular complexity index is 1030. The molecule has 7 nitrogen and oxygen atoms in total. The van der Waals surface area contributed by atoms with E-state index >= 15 is 0 Å². The van der Waals surface area contributed by atoms with E-state index in [1.807, 2.05) is 0 Å². The van der Waals surface area contributed by atoms with Gasteiger partial charge < -0.3 is 0 Å². The standard InChI is InChI=1S/C17H16FN5O2/c1-19-21-17(25)8-3-4-13-10(5-8)15-11(7-20-13)14(22-23(15)2)16(24)9-6-12(9)18/h3-5,7,9,12,19H,6H2,1-2H3,(H,21,25)/t9-,12+/m0/s1. The van der Waals surface area contributed by atoms with E-state index in [9.17, 15) is 14.0 Å². The average molecular weight is 341 g/mol. The average Bonchev–Trinajstić information content (AvgIpc) is 3.24. The molecule has 3 aromatic rings. The molecule has 128 valence electrons. The molecule has 2 heterocycles. The van der Waals surface area contributed by atoms with Gasteiger partial charge in [-0.25, -0.2) is 9.82 Å². The van der Waals surface area contributed by atoms with Crippen LogP contribution in [0.5, 0.6) is 0 Å². The van der Waals surface area contributed by atoms with Crippen LogP contribution in [0.2, 0.25) is 0 Å². The Labute approximate surface area is 142 Å². The molecular weight excluding hydrogens is 325 g/mol. The Morgan fingerprint density at radius 2 is 2.08 bits per heavy atom. The fraction of sp³-hybridized carbons (Fsp3) is 0.294. The van der Waals surface area contributed by atoms with Crippen molar-refractivity contribution in [1.82, 2.24) is 25.6 Å². The van der Waals surface area contributed by atoms with Gasteiger partial charge in [-0.3, -0.25) is 24.7 Å². The van der Waals surface area contributed by atoms with E-state index in [1.165, 1.54) is 0 Å². The van der Waals surface area contributed by atoms with E-state index in [4.69, 9.17) is 0 Å². The zero-order valence-electron chi connectivity index (χ0n) is 13.7. The third-order valence-corrected chi connectivity index (χ3v) is 4.45. The van der Waals surface area contributed by atoms with Crippen molar-refractivity contribution in [3.8, 4) is 0 Å². The minimum absolute atomic E-state index is 0.238. The van der Waals surface area contributed by atoms with Crippen LogP contribution in [0.25, 0.3) is 21.8 Å². The van der Waals surface area contributed by atoms with Gasteiger partial charge in [0.2, 0.25) is 0 Å². The maximum atomic E-state index is 13.3. The molecule has 25 heavy (non-hydrogen) atoms. The number of alkyl halides is 1. The number of ketones is 1. The normalized spacial score (nSPS) is 19.3. The zero-order valence-corrected chi connectivity index (χ0v) is 13.7. The molecule has 2 atom stereocenters. The van der Waals surface area contributed by atoms with Crippen LogP contribution in [0, 0.1) is 5.92 Å². The van der Waals surface area contributed by atoms with E-state index in [0.717, 1.165) is 0 Å². The highest BCUT2D eigenvalue weighted by atomic mass is 19.1. The summed E-state index contributed by atoms with van der Waals surface area (Å²) in [7, 11) is 3.33. The largest absolute Gasteiger partial charge is 0.292 e. The number of benzene rings is 1. The fourth-order valence-corrected chi connectivity index (χ4v) is 3.07. The third kappa shape index (κ3) is 2.45. The molecule has 2 aromatic heterocycles. The van der Waals surface area contributed by atoms with Crippen LogP contribution in [0.4, 0.5) is 4.39 Å². The molecule has 0 aliphatic heterocycles. The Hall–Kier alpha value is -2.87. The van der Waals surface area contributed by atoms with Crippen molar-refractivity contribution in [3.05, 3.63) is 35.7 Å². The molecule has 1 aliphatic carbocycles. The highest BCUT2D eigenvalue weighted by Gasteiger charge is 2.45. The molecule has 8 heteroatoms. The summed E-state index contributed by atoms with van der Waals surface area (Å²) >= 11 is 0. The number of nitrogens with one attached hydrogen (secondary N) is 2. The topological polar surface area (TPSA) is 88.9 Å². The summed E-state index contributed by atoms with van der Waals surface area (Å²) in [5, 5.41) is 5.58. The molecule has 1 amide bonds. The predicted octanol–water partition coefficient (Wildman–Crippen LogP) is 1.53. The van der Waals surface area contributed by atoms with Crippen molar-refractivity contribution in [2.75, 3.05) is 7.05 Å². The predicted molar refractivity (Wildman–Crippen MR) is 89.9 cm³/mol. The van der Waals surface area contributed by atoms with Gasteiger partial charge in [-0.2, -0.15) is 5.10 Å². The minimum atomic E-state index is -1.07. The fourth-order valence-electron chi connectivity index (χ4n) is 3.07. The minimum Gasteiger partial charge on any atom is -0.292 e. The lowest BCUT2D eigenvalue weighted by Crippen LogP contribution is -2.34. The molecule has 0 unspecified atom stereocenters. The molecule has 0 radical (unpaired) electrons. The number of amides is 1. The van der Waals surface area contributed by atoms with Crippen LogP contribution in [0.3, 0.4) is 0 Å². The summed E-state index contributed by atoms with van der Waals surface area (Å²) in [6.07, 6.45) is 0.766. The molecular formula is C17H16FN5O2. The number of Topliss-reactive ketones (excluding diaryl/α,β-unsaturated/α-hetero) is 1. The molecule has 0 bridgehead atoms. The number of aromatic nitrogens is 3. The van der Waals surface area contributed by atoms with Crippen molar-refractivity contribution < 1.29 is 14.0 Å². The molecule has 1 saturated carbocycles. The summed E-state index contributed by atoms with van der Waals surface area (Å²) in [4.78, 5) is 28.8. The van der Waals surface area contributed by atoms with Crippen LogP contribution < -0.4 is 10.9 Å². The number of rotatable bonds is 4. The van der Waals surface area contributed by atoms with Gasteiger partial charge in [0.05, 0.1) is 17.0 Å². The van der Waals surface area contributed by atoms with E-state index in [-0.39, 0.29) is 23.8 Å². The van der Waals surface area contributed by atoms with Crippen molar-refractivity contribution in [1.29, 1.82) is 0 Å². The SMILES string of the molecule is CNNC(=O)c1ccc2ncc3c(C(=O)[C@H]4C[C@H]4F)nn(C)c3c2c1. The first kappa shape index (κ1) is 15.6. The highest BCUT2D eigenvalue weighted by Crippen LogP contribution is 2.38. The second-order valence-electron chi connectivity index (χ2n) is 6.15. The Balaban J connectivity index is 1.90. The number of aryl methyl sites for hydroxylation is 1. The second kappa shape index (κ2) is 5.59. The summed E-state index contributed by atoms with van der Waals surface area (Å²) in [5.74, 6) is -1.16. The molecule has 1 aliphatic rings. The maximum Gasteiger partial charge on any atom is 0.265 e. The van der Waals surface area contributed by atoms with Gasteiger partial charge in [0.1, 0.15) is 11.9 Å². The van der Waals surface area contributed by atoms with Gasteiger partial charge in [-0.05, 0) is 24.6 Å². The van der Waals surface area contributed by atoms with E-state index in [1.54, 1.807) is 43.2 Å². The lowest BCUT2D eigenvalue weighted by Gasteiger charge is -2.06. The molecule has 2 N–H and O–H groups in total. The number of nitrogens with zero attached hydrogens (tertiary/aromatic N) is 3. The molecule has 0 saturated heterocycles.